The van der Waals surface area contributed by atoms with Gasteiger partial charge < -0.3 is 9.47 Å². The van der Waals surface area contributed by atoms with Crippen molar-refractivity contribution in [2.45, 2.75) is 11.2 Å². The zero-order valence-electron chi connectivity index (χ0n) is 22.3. The van der Waals surface area contributed by atoms with Crippen LogP contribution in [-0.4, -0.2) is 30.0 Å². The van der Waals surface area contributed by atoms with Crippen LogP contribution in [0.3, 0.4) is 0 Å². The van der Waals surface area contributed by atoms with Gasteiger partial charge in [0.15, 0.2) is 11.2 Å². The van der Waals surface area contributed by atoms with Crippen molar-refractivity contribution in [3.8, 4) is 0 Å². The Morgan fingerprint density at radius 3 is 1.32 bits per heavy atom. The lowest BCUT2D eigenvalue weighted by atomic mass is 9.70. The van der Waals surface area contributed by atoms with E-state index in [1.807, 2.05) is 121 Å². The monoisotopic (exact) mass is 524 g/mol. The van der Waals surface area contributed by atoms with Gasteiger partial charge in [0.25, 0.3) is 0 Å². The molecule has 6 rings (SSSR count). The van der Waals surface area contributed by atoms with Crippen molar-refractivity contribution in [1.82, 2.24) is 9.97 Å². The molecular weight excluding hydrogens is 496 g/mol. The fourth-order valence-corrected chi connectivity index (χ4v) is 5.83. The second-order valence-corrected chi connectivity index (χ2v) is 9.59. The van der Waals surface area contributed by atoms with Crippen molar-refractivity contribution in [1.29, 1.82) is 0 Å². The van der Waals surface area contributed by atoms with Gasteiger partial charge in [-0.15, -0.1) is 0 Å². The average Bonchev–Trinajstić information content (AvgIpc) is 3.03. The first-order chi connectivity index (χ1) is 19.7. The molecule has 0 aliphatic heterocycles. The smallest absolute Gasteiger partial charge is 0.214 e. The van der Waals surface area contributed by atoms with Crippen molar-refractivity contribution >= 4 is 27.6 Å². The molecular formula is C35H28N2O3. The number of methoxy groups -OCH3 is 2. The molecule has 0 aliphatic rings. The number of para-hydroxylation sites is 2. The van der Waals surface area contributed by atoms with E-state index in [-0.39, 0.29) is 5.78 Å². The van der Waals surface area contributed by atoms with Crippen LogP contribution in [0.25, 0.3) is 21.8 Å². The third kappa shape index (κ3) is 3.82. The lowest BCUT2D eigenvalue weighted by Gasteiger charge is -2.42. The van der Waals surface area contributed by atoms with Gasteiger partial charge in [0.05, 0.1) is 11.0 Å². The topological polar surface area (TPSA) is 61.3 Å². The van der Waals surface area contributed by atoms with Crippen LogP contribution in [0.1, 0.15) is 22.3 Å². The Hall–Kier alpha value is -4.71. The van der Waals surface area contributed by atoms with Crippen LogP contribution in [0, 0.1) is 0 Å². The number of aromatic nitrogens is 2. The molecule has 0 saturated heterocycles. The Morgan fingerprint density at radius 2 is 0.925 bits per heavy atom. The molecule has 6 aromatic rings. The van der Waals surface area contributed by atoms with E-state index in [2.05, 4.69) is 0 Å². The molecule has 2 heterocycles. The van der Waals surface area contributed by atoms with E-state index in [0.717, 1.165) is 10.8 Å². The fourth-order valence-electron chi connectivity index (χ4n) is 5.83. The summed E-state index contributed by atoms with van der Waals surface area (Å²) in [4.78, 5) is 25.2. The average molecular weight is 525 g/mol. The standard InChI is InChI=1S/C35H28N2O3/c1-39-34(27-17-5-3-6-18-27,29-21-9-13-25-15-11-23-36-31(25)29)33(38)35(40-2,28-19-7-4-8-20-28)30-22-10-14-26-16-12-24-37-32(26)30/h3-24H,1-2H3/t34-,35-/m0/s1. The normalized spacial score (nSPS) is 14.4. The van der Waals surface area contributed by atoms with Crippen molar-refractivity contribution in [2.24, 2.45) is 0 Å². The van der Waals surface area contributed by atoms with Gasteiger partial charge in [0.2, 0.25) is 5.78 Å². The minimum Gasteiger partial charge on any atom is -0.361 e. The number of hydrogen-bond acceptors (Lipinski definition) is 5. The Balaban J connectivity index is 1.76. The zero-order chi connectivity index (χ0) is 27.6. The van der Waals surface area contributed by atoms with Gasteiger partial charge >= 0.3 is 0 Å². The fraction of sp³-hybridized carbons (Fsp3) is 0.114. The van der Waals surface area contributed by atoms with Crippen LogP contribution in [-0.2, 0) is 25.5 Å². The second-order valence-electron chi connectivity index (χ2n) is 9.59. The molecule has 0 bridgehead atoms. The van der Waals surface area contributed by atoms with E-state index in [9.17, 15) is 0 Å². The van der Waals surface area contributed by atoms with Gasteiger partial charge in [0.1, 0.15) is 0 Å². The minimum atomic E-state index is -1.59. The number of ether oxygens (including phenoxy) is 2. The van der Waals surface area contributed by atoms with E-state index in [0.29, 0.717) is 33.3 Å². The molecule has 0 aliphatic carbocycles. The van der Waals surface area contributed by atoms with Crippen molar-refractivity contribution < 1.29 is 14.3 Å². The summed E-state index contributed by atoms with van der Waals surface area (Å²) < 4.78 is 12.9. The number of pyridine rings is 2. The molecule has 0 spiro atoms. The predicted octanol–water partition coefficient (Wildman–Crippen LogP) is 6.83. The lowest BCUT2D eigenvalue weighted by Crippen LogP contribution is -2.53. The summed E-state index contributed by atoms with van der Waals surface area (Å²) in [7, 11) is 3.14. The number of carbonyl (C=O) groups excluding carboxylic acids is 1. The first kappa shape index (κ1) is 25.6. The van der Waals surface area contributed by atoms with E-state index in [4.69, 9.17) is 19.4 Å². The first-order valence-corrected chi connectivity index (χ1v) is 13.1. The molecule has 5 heteroatoms. The molecule has 2 aromatic heterocycles. The number of nitrogens with zero attached hydrogens (tertiary/aromatic N) is 2. The quantitative estimate of drug-likeness (QED) is 0.218. The maximum absolute atomic E-state index is 15.7. The van der Waals surface area contributed by atoms with Crippen molar-refractivity contribution in [3.05, 3.63) is 156 Å². The molecule has 0 saturated carbocycles. The molecule has 0 N–H and O–H groups in total. The lowest BCUT2D eigenvalue weighted by molar-refractivity contribution is -0.157. The number of benzene rings is 4. The molecule has 2 atom stereocenters. The van der Waals surface area contributed by atoms with Crippen LogP contribution in [0.4, 0.5) is 0 Å². The predicted molar refractivity (Wildman–Crippen MR) is 157 cm³/mol. The second kappa shape index (κ2) is 10.5. The summed E-state index contributed by atoms with van der Waals surface area (Å²) in [6.07, 6.45) is 3.47. The van der Waals surface area contributed by atoms with Gasteiger partial charge in [0, 0.05) is 48.5 Å². The molecule has 0 fully saturated rings. The molecule has 40 heavy (non-hydrogen) atoms. The van der Waals surface area contributed by atoms with Crippen molar-refractivity contribution in [2.75, 3.05) is 14.2 Å². The van der Waals surface area contributed by atoms with Crippen LogP contribution in [0.2, 0.25) is 0 Å². The molecule has 0 amide bonds. The van der Waals surface area contributed by atoms with Gasteiger partial charge in [-0.2, -0.15) is 0 Å². The van der Waals surface area contributed by atoms with E-state index < -0.39 is 11.2 Å². The number of ketones is 1. The van der Waals surface area contributed by atoms with Gasteiger partial charge in [-0.1, -0.05) is 109 Å². The third-order valence-electron chi connectivity index (χ3n) is 7.64. The van der Waals surface area contributed by atoms with E-state index in [1.54, 1.807) is 26.6 Å². The third-order valence-corrected chi connectivity index (χ3v) is 7.64. The van der Waals surface area contributed by atoms with Crippen LogP contribution >= 0.6 is 0 Å². The van der Waals surface area contributed by atoms with Crippen molar-refractivity contribution in [3.63, 3.8) is 0 Å². The van der Waals surface area contributed by atoms with Crippen LogP contribution in [0.5, 0.6) is 0 Å². The van der Waals surface area contributed by atoms with Gasteiger partial charge in [-0.25, -0.2) is 0 Å². The summed E-state index contributed by atoms with van der Waals surface area (Å²) in [5.74, 6) is -0.307. The molecule has 0 radical (unpaired) electrons. The molecule has 0 unspecified atom stereocenters. The van der Waals surface area contributed by atoms with Gasteiger partial charge in [-0.05, 0) is 23.3 Å². The van der Waals surface area contributed by atoms with Crippen LogP contribution < -0.4 is 0 Å². The highest BCUT2D eigenvalue weighted by atomic mass is 16.5. The van der Waals surface area contributed by atoms with E-state index in [1.165, 1.54) is 0 Å². The molecule has 4 aromatic carbocycles. The molecule has 5 nitrogen and oxygen atoms in total. The number of fused-ring (bicyclic) bond motifs is 2. The summed E-state index contributed by atoms with van der Waals surface area (Å²) in [5, 5.41) is 1.81. The van der Waals surface area contributed by atoms with Gasteiger partial charge in [-0.3, -0.25) is 14.8 Å². The SMILES string of the molecule is CO[C@@](C(=O)[C@](OC)(c1ccccc1)c1cccc2cccnc12)(c1ccccc1)c1cccc2cccnc12. The summed E-state index contributed by atoms with van der Waals surface area (Å²) in [6, 6.07) is 38.5. The Morgan fingerprint density at radius 1 is 0.525 bits per heavy atom. The maximum Gasteiger partial charge on any atom is 0.214 e. The maximum atomic E-state index is 15.7. The summed E-state index contributed by atoms with van der Waals surface area (Å²) in [6.45, 7) is 0. The van der Waals surface area contributed by atoms with Crippen LogP contribution in [0.15, 0.2) is 134 Å². The Kier molecular flexibility index (Phi) is 6.68. The highest BCUT2D eigenvalue weighted by molar-refractivity contribution is 6.06. The van der Waals surface area contributed by atoms with E-state index >= 15 is 4.79 Å². The highest BCUT2D eigenvalue weighted by Gasteiger charge is 2.56. The number of rotatable bonds is 8. The summed E-state index contributed by atoms with van der Waals surface area (Å²) >= 11 is 0. The number of hydrogen-bond donors (Lipinski definition) is 0. The number of Topliss-reactive ketones (excluding diaryl/α,β-unsaturated/α-hetero) is 1. The first-order valence-electron chi connectivity index (χ1n) is 13.1. The Bertz CT molecular complexity index is 1660. The zero-order valence-corrected chi connectivity index (χ0v) is 22.3. The molecule has 196 valence electrons. The highest BCUT2D eigenvalue weighted by Crippen LogP contribution is 2.47. The largest absolute Gasteiger partial charge is 0.361 e. The Labute approximate surface area is 233 Å². The summed E-state index contributed by atoms with van der Waals surface area (Å²) in [5.41, 5.74) is 0.800. The number of carbonyl (C=O) groups is 1. The minimum absolute atomic E-state index is 0.307.